The monoisotopic (exact) mass is 224 g/mol. The summed E-state index contributed by atoms with van der Waals surface area (Å²) in [5, 5.41) is 0. The fraction of sp³-hybridized carbons (Fsp3) is 0.875. The van der Waals surface area contributed by atoms with Crippen LogP contribution in [0.25, 0.3) is 0 Å². The van der Waals surface area contributed by atoms with Crippen LogP contribution in [0.3, 0.4) is 0 Å². The molecule has 0 aliphatic carbocycles. The van der Waals surface area contributed by atoms with Crippen LogP contribution in [0.4, 0.5) is 0 Å². The highest BCUT2D eigenvalue weighted by Crippen LogP contribution is 2.27. The first-order chi connectivity index (χ1) is 6.22. The zero-order valence-corrected chi connectivity index (χ0v) is 9.07. The number of hydrogen-bond donors (Lipinski definition) is 0. The third-order valence-corrected chi connectivity index (χ3v) is 3.10. The van der Waals surface area contributed by atoms with Crippen LogP contribution in [0.5, 0.6) is 0 Å². The molecule has 2 unspecified atom stereocenters. The van der Waals surface area contributed by atoms with E-state index in [0.29, 0.717) is 13.0 Å². The number of ether oxygens (including phenoxy) is 2. The fourth-order valence-corrected chi connectivity index (χ4v) is 2.18. The first-order valence-corrected chi connectivity index (χ1v) is 5.77. The highest BCUT2D eigenvalue weighted by Gasteiger charge is 2.24. The highest BCUT2D eigenvalue weighted by atomic mass is 35.5. The second kappa shape index (κ2) is 5.73. The minimum absolute atomic E-state index is 0.0803. The lowest BCUT2D eigenvalue weighted by molar-refractivity contribution is -0.145. The van der Waals surface area contributed by atoms with Crippen molar-refractivity contribution >= 4 is 29.3 Å². The Morgan fingerprint density at radius 2 is 2.54 bits per heavy atom. The van der Waals surface area contributed by atoms with Gasteiger partial charge in [0.1, 0.15) is 17.6 Å². The number of halogens is 1. The molecular formula is C8H13ClO3S. The Bertz CT molecular complexity index is 177. The van der Waals surface area contributed by atoms with Crippen molar-refractivity contribution in [2.24, 2.45) is 0 Å². The van der Waals surface area contributed by atoms with Crippen LogP contribution in [0.2, 0.25) is 0 Å². The van der Waals surface area contributed by atoms with Crippen LogP contribution < -0.4 is 0 Å². The number of thioether (sulfide) groups is 1. The van der Waals surface area contributed by atoms with Gasteiger partial charge in [-0.3, -0.25) is 4.79 Å². The lowest BCUT2D eigenvalue weighted by Crippen LogP contribution is -2.16. The highest BCUT2D eigenvalue weighted by molar-refractivity contribution is 8.00. The maximum Gasteiger partial charge on any atom is 0.305 e. The smallest absolute Gasteiger partial charge is 0.305 e. The van der Waals surface area contributed by atoms with E-state index in [-0.39, 0.29) is 17.0 Å². The summed E-state index contributed by atoms with van der Waals surface area (Å²) >= 11 is 7.28. The van der Waals surface area contributed by atoms with E-state index in [0.717, 1.165) is 12.2 Å². The normalized spacial score (nSPS) is 27.5. The molecule has 0 bridgehead atoms. The number of rotatable bonds is 4. The molecule has 76 valence electrons. The van der Waals surface area contributed by atoms with Crippen molar-refractivity contribution in [3.63, 3.8) is 0 Å². The summed E-state index contributed by atoms with van der Waals surface area (Å²) < 4.78 is 10.2. The van der Waals surface area contributed by atoms with E-state index in [1.807, 2.05) is 6.92 Å². The Labute approximate surface area is 87.1 Å². The van der Waals surface area contributed by atoms with Gasteiger partial charge in [0.25, 0.3) is 0 Å². The van der Waals surface area contributed by atoms with E-state index in [4.69, 9.17) is 21.1 Å². The van der Waals surface area contributed by atoms with Gasteiger partial charge in [-0.15, -0.1) is 11.8 Å². The largest absolute Gasteiger partial charge is 0.462 e. The summed E-state index contributed by atoms with van der Waals surface area (Å²) in [6, 6.07) is 0. The van der Waals surface area contributed by atoms with Crippen molar-refractivity contribution in [1.29, 1.82) is 0 Å². The Morgan fingerprint density at radius 3 is 3.08 bits per heavy atom. The number of carbonyl (C=O) groups is 1. The number of carbonyl (C=O) groups excluding carboxylic acids is 1. The van der Waals surface area contributed by atoms with Crippen LogP contribution in [-0.2, 0) is 14.3 Å². The maximum atomic E-state index is 11.0. The number of esters is 1. The van der Waals surface area contributed by atoms with E-state index < -0.39 is 0 Å². The van der Waals surface area contributed by atoms with Gasteiger partial charge in [0, 0.05) is 12.2 Å². The van der Waals surface area contributed by atoms with Gasteiger partial charge in [-0.25, -0.2) is 0 Å². The minimum atomic E-state index is -0.236. The molecule has 0 aromatic carbocycles. The van der Waals surface area contributed by atoms with E-state index in [9.17, 15) is 4.79 Å². The topological polar surface area (TPSA) is 35.5 Å². The molecule has 1 fully saturated rings. The second-order valence-electron chi connectivity index (χ2n) is 2.74. The molecule has 0 N–H and O–H groups in total. The average molecular weight is 225 g/mol. The minimum Gasteiger partial charge on any atom is -0.462 e. The molecule has 1 rings (SSSR count). The molecule has 5 heteroatoms. The third kappa shape index (κ3) is 4.20. The molecule has 0 amide bonds. The molecule has 0 aromatic rings. The van der Waals surface area contributed by atoms with Crippen LogP contribution in [0, 0.1) is 0 Å². The van der Waals surface area contributed by atoms with Crippen molar-refractivity contribution in [2.75, 3.05) is 12.4 Å². The summed E-state index contributed by atoms with van der Waals surface area (Å²) in [6.45, 7) is 2.25. The molecule has 1 heterocycles. The van der Waals surface area contributed by atoms with Gasteiger partial charge >= 0.3 is 5.97 Å². The van der Waals surface area contributed by atoms with Gasteiger partial charge in [-0.2, -0.15) is 0 Å². The molecule has 1 saturated heterocycles. The lowest BCUT2D eigenvalue weighted by atomic mass is 10.3. The lowest BCUT2D eigenvalue weighted by Gasteiger charge is -2.09. The molecule has 13 heavy (non-hydrogen) atoms. The van der Waals surface area contributed by atoms with Crippen LogP contribution in [0.1, 0.15) is 19.8 Å². The van der Waals surface area contributed by atoms with Crippen molar-refractivity contribution in [2.45, 2.75) is 30.8 Å². The SMILES string of the molecule is CCCC(=O)OCC1OC(Cl)CS1. The van der Waals surface area contributed by atoms with Crippen LogP contribution in [-0.4, -0.2) is 29.3 Å². The Morgan fingerprint density at radius 1 is 1.77 bits per heavy atom. The van der Waals surface area contributed by atoms with Gasteiger partial charge in [-0.1, -0.05) is 18.5 Å². The molecular weight excluding hydrogens is 212 g/mol. The molecule has 0 radical (unpaired) electrons. The van der Waals surface area contributed by atoms with E-state index >= 15 is 0 Å². The first kappa shape index (κ1) is 11.1. The predicted molar refractivity (Wildman–Crippen MR) is 52.8 cm³/mol. The predicted octanol–water partition coefficient (Wildman–Crippen LogP) is 1.98. The number of alkyl halides is 1. The molecule has 0 saturated carbocycles. The molecule has 0 spiro atoms. The number of hydrogen-bond acceptors (Lipinski definition) is 4. The molecule has 1 aliphatic rings. The first-order valence-electron chi connectivity index (χ1n) is 4.29. The standard InChI is InChI=1S/C8H13ClO3S/c1-2-3-7(10)11-4-8-12-6(9)5-13-8/h6,8H,2-5H2,1H3. The van der Waals surface area contributed by atoms with Gasteiger partial charge < -0.3 is 9.47 Å². The zero-order chi connectivity index (χ0) is 9.68. The van der Waals surface area contributed by atoms with E-state index in [2.05, 4.69) is 0 Å². The quantitative estimate of drug-likeness (QED) is 0.541. The third-order valence-electron chi connectivity index (χ3n) is 1.55. The van der Waals surface area contributed by atoms with E-state index in [1.165, 1.54) is 0 Å². The van der Waals surface area contributed by atoms with Crippen LogP contribution in [0.15, 0.2) is 0 Å². The average Bonchev–Trinajstić information content (AvgIpc) is 2.49. The van der Waals surface area contributed by atoms with E-state index in [1.54, 1.807) is 11.8 Å². The summed E-state index contributed by atoms with van der Waals surface area (Å²) in [6.07, 6.45) is 1.29. The molecule has 1 aliphatic heterocycles. The molecule has 0 aromatic heterocycles. The van der Waals surface area contributed by atoms with Crippen molar-refractivity contribution in [3.05, 3.63) is 0 Å². The van der Waals surface area contributed by atoms with Crippen LogP contribution >= 0.6 is 23.4 Å². The summed E-state index contributed by atoms with van der Waals surface area (Å²) in [4.78, 5) is 11.0. The Hall–Kier alpha value is 0.0700. The zero-order valence-electron chi connectivity index (χ0n) is 7.49. The van der Waals surface area contributed by atoms with Crippen molar-refractivity contribution < 1.29 is 14.3 Å². The summed E-state index contributed by atoms with van der Waals surface area (Å²) in [5.41, 5.74) is -0.316. The van der Waals surface area contributed by atoms with Gasteiger partial charge in [0.2, 0.25) is 0 Å². The van der Waals surface area contributed by atoms with Gasteiger partial charge in [0.05, 0.1) is 0 Å². The summed E-state index contributed by atoms with van der Waals surface area (Å²) in [5.74, 6) is 0.599. The second-order valence-corrected chi connectivity index (χ2v) is 4.42. The fourth-order valence-electron chi connectivity index (χ4n) is 0.951. The van der Waals surface area contributed by atoms with Gasteiger partial charge in [-0.05, 0) is 6.42 Å². The molecule has 2 atom stereocenters. The molecule has 3 nitrogen and oxygen atoms in total. The summed E-state index contributed by atoms with van der Waals surface area (Å²) in [7, 11) is 0. The van der Waals surface area contributed by atoms with Crippen molar-refractivity contribution in [1.82, 2.24) is 0 Å². The Balaban J connectivity index is 2.09. The van der Waals surface area contributed by atoms with Gasteiger partial charge in [0.15, 0.2) is 0 Å². The van der Waals surface area contributed by atoms with Crippen molar-refractivity contribution in [3.8, 4) is 0 Å². The Kier molecular flexibility index (Phi) is 4.91. The maximum absolute atomic E-state index is 11.0.